The van der Waals surface area contributed by atoms with Gasteiger partial charge in [-0.15, -0.1) is 0 Å². The molecule has 4 aromatic carbocycles. The predicted molar refractivity (Wildman–Crippen MR) is 316 cm³/mol. The van der Waals surface area contributed by atoms with E-state index in [1.54, 1.807) is 50.2 Å². The lowest BCUT2D eigenvalue weighted by Gasteiger charge is -2.37. The van der Waals surface area contributed by atoms with E-state index in [0.717, 1.165) is 72.3 Å². The van der Waals surface area contributed by atoms with Crippen molar-refractivity contribution in [3.8, 4) is 5.75 Å². The highest BCUT2D eigenvalue weighted by atomic mass is 16.5. The second-order valence-corrected chi connectivity index (χ2v) is 23.2. The topological polar surface area (TPSA) is 219 Å². The first-order chi connectivity index (χ1) is 38.7. The minimum Gasteiger partial charge on any atom is -0.489 e. The molecule has 0 saturated carbocycles. The van der Waals surface area contributed by atoms with Gasteiger partial charge in [-0.3, -0.25) is 33.6 Å². The van der Waals surface area contributed by atoms with Gasteiger partial charge in [-0.25, -0.2) is 0 Å². The van der Waals surface area contributed by atoms with Gasteiger partial charge >= 0.3 is 0 Å². The van der Waals surface area contributed by atoms with Crippen LogP contribution in [-0.2, 0) is 61.2 Å². The lowest BCUT2D eigenvalue weighted by molar-refractivity contribution is -0.144. The van der Waals surface area contributed by atoms with Gasteiger partial charge in [0.2, 0.25) is 35.4 Å². The highest BCUT2D eigenvalue weighted by Gasteiger charge is 2.46. The zero-order chi connectivity index (χ0) is 59.0. The zero-order valence-corrected chi connectivity index (χ0v) is 49.6. The standard InChI is InChI=1S/C58H73N9O8.C4H10.C2H6/c1-35(60-6)53(70)61-31-51(69)66-32-41-27-43(26-25-40(41)28-48(66)55(72)63-46-19-11-15-37-13-7-9-17-44(37)46)75-34-36-21-23-39(24-22-36)54(71)62-42-29-49(56(73)64-47-20-12-16-38-14-8-10-18-45(38)47)67(33-42)57(74)52(58(2,3)4)65-50(68)30-59-5;1-4(2)3;1-2/h7-10,13-14,17-18,21-27,35,42,46-49,52,59-60H,11-12,15-16,19-20,28-34H2,1-6H3,(H,61,70)(H,62,71)(H,63,72)(H,64,73)(H,65,68);4H,1-3H3;1-2H3. The van der Waals surface area contributed by atoms with E-state index in [4.69, 9.17) is 4.74 Å². The Bertz CT molecular complexity index is 2810. The molecule has 81 heavy (non-hydrogen) atoms. The smallest absolute Gasteiger partial charge is 0.251 e. The monoisotopic (exact) mass is 1110 g/mol. The summed E-state index contributed by atoms with van der Waals surface area (Å²) in [5.41, 5.74) is 6.81. The van der Waals surface area contributed by atoms with Crippen molar-refractivity contribution in [2.45, 2.75) is 169 Å². The number of fused-ring (bicyclic) bond motifs is 3. The number of ether oxygens (including phenoxy) is 1. The fourth-order valence-electron chi connectivity index (χ4n) is 10.8. The third kappa shape index (κ3) is 17.0. The minimum atomic E-state index is -0.928. The Labute approximate surface area is 480 Å². The number of hydrogen-bond donors (Lipinski definition) is 7. The summed E-state index contributed by atoms with van der Waals surface area (Å²) in [6, 6.07) is 24.8. The van der Waals surface area contributed by atoms with Gasteiger partial charge in [0.25, 0.3) is 5.91 Å². The van der Waals surface area contributed by atoms with Crippen LogP contribution in [0.5, 0.6) is 5.75 Å². The minimum absolute atomic E-state index is 0.0195. The molecule has 4 aromatic rings. The Balaban J connectivity index is 0.00000169. The number of amides is 7. The van der Waals surface area contributed by atoms with Crippen molar-refractivity contribution in [2.24, 2.45) is 11.3 Å². The number of rotatable bonds is 17. The average molecular weight is 1110 g/mol. The molecule has 8 rings (SSSR count). The molecule has 0 spiro atoms. The van der Waals surface area contributed by atoms with Gasteiger partial charge in [0.05, 0.1) is 31.2 Å². The number of hydrogen-bond acceptors (Lipinski definition) is 10. The van der Waals surface area contributed by atoms with Gasteiger partial charge in [0, 0.05) is 31.1 Å². The van der Waals surface area contributed by atoms with Crippen LogP contribution in [-0.4, -0.2) is 115 Å². The summed E-state index contributed by atoms with van der Waals surface area (Å²) in [6.07, 6.45) is 5.79. The molecule has 438 valence electrons. The van der Waals surface area contributed by atoms with Crippen LogP contribution in [0.15, 0.2) is 91.0 Å². The maximum Gasteiger partial charge on any atom is 0.251 e. The zero-order valence-electron chi connectivity index (χ0n) is 49.6. The van der Waals surface area contributed by atoms with Crippen LogP contribution in [0.1, 0.15) is 156 Å². The molecule has 2 aliphatic carbocycles. The molecule has 0 aromatic heterocycles. The number of likely N-dealkylation sites (N-methyl/N-ethyl adjacent to an activating group) is 2. The molecule has 7 N–H and O–H groups in total. The molecule has 7 unspecified atom stereocenters. The average Bonchev–Trinajstić information content (AvgIpc) is 4.17. The SMILES string of the molecule is CC.CC(C)C.CNCC(=O)NC(C(=O)N1CC(NC(=O)c2ccc(COc3ccc4c(c3)CN(C(=O)CNC(=O)C(C)NC)C(C(=O)NC3CCCc5ccccc53)C4)cc2)CC1C(=O)NC1CCCc2ccccc21)C(C)(C)C. The number of likely N-dealkylation sites (tertiary alicyclic amines) is 1. The maximum absolute atomic E-state index is 14.5. The first-order valence-electron chi connectivity index (χ1n) is 29.1. The lowest BCUT2D eigenvalue weighted by atomic mass is 9.85. The van der Waals surface area contributed by atoms with Crippen molar-refractivity contribution in [3.05, 3.63) is 136 Å². The summed E-state index contributed by atoms with van der Waals surface area (Å²) in [7, 11) is 3.32. The highest BCUT2D eigenvalue weighted by molar-refractivity contribution is 5.96. The van der Waals surface area contributed by atoms with Gasteiger partial charge < -0.3 is 51.8 Å². The molecule has 0 radical (unpaired) electrons. The Morgan fingerprint density at radius 1 is 0.679 bits per heavy atom. The maximum atomic E-state index is 14.5. The molecule has 17 heteroatoms. The number of nitrogens with one attached hydrogen (secondary N) is 7. The summed E-state index contributed by atoms with van der Waals surface area (Å²) in [5.74, 6) is -0.954. The van der Waals surface area contributed by atoms with Gasteiger partial charge in [-0.05, 0) is 141 Å². The van der Waals surface area contributed by atoms with Crippen LogP contribution < -0.4 is 42.0 Å². The van der Waals surface area contributed by atoms with Crippen molar-refractivity contribution in [3.63, 3.8) is 0 Å². The second-order valence-electron chi connectivity index (χ2n) is 23.2. The number of carbonyl (C=O) groups is 7. The molecule has 1 fully saturated rings. The Kier molecular flexibility index (Phi) is 23.0. The van der Waals surface area contributed by atoms with Crippen molar-refractivity contribution in [1.82, 2.24) is 47.0 Å². The van der Waals surface area contributed by atoms with E-state index in [9.17, 15) is 33.6 Å². The molecule has 2 aliphatic heterocycles. The molecule has 17 nitrogen and oxygen atoms in total. The van der Waals surface area contributed by atoms with Crippen LogP contribution >= 0.6 is 0 Å². The predicted octanol–water partition coefficient (Wildman–Crippen LogP) is 6.77. The molecule has 7 amide bonds. The number of aryl methyl sites for hydroxylation is 2. The van der Waals surface area contributed by atoms with E-state index in [1.165, 1.54) is 16.0 Å². The van der Waals surface area contributed by atoms with E-state index >= 15 is 0 Å². The van der Waals surface area contributed by atoms with Crippen molar-refractivity contribution < 1.29 is 38.3 Å². The fraction of sp³-hybridized carbons (Fsp3) is 0.516. The number of benzene rings is 4. The van der Waals surface area contributed by atoms with Crippen LogP contribution in [0, 0.1) is 11.3 Å². The summed E-state index contributed by atoms with van der Waals surface area (Å²) >= 11 is 0. The fourth-order valence-corrected chi connectivity index (χ4v) is 10.8. The Morgan fingerprint density at radius 3 is 1.83 bits per heavy atom. The van der Waals surface area contributed by atoms with E-state index in [0.29, 0.717) is 11.3 Å². The summed E-state index contributed by atoms with van der Waals surface area (Å²) in [6.45, 7) is 18.0. The summed E-state index contributed by atoms with van der Waals surface area (Å²) < 4.78 is 6.26. The molecular formula is C64H89N9O8. The van der Waals surface area contributed by atoms with E-state index in [2.05, 4.69) is 76.2 Å². The number of carbonyl (C=O) groups excluding carboxylic acids is 7. The Hall–Kier alpha value is -7.11. The quantitative estimate of drug-likeness (QED) is 0.0589. The van der Waals surface area contributed by atoms with E-state index < -0.39 is 41.5 Å². The van der Waals surface area contributed by atoms with Crippen LogP contribution in [0.3, 0.4) is 0 Å². The van der Waals surface area contributed by atoms with Gasteiger partial charge in [-0.1, -0.05) is 122 Å². The largest absolute Gasteiger partial charge is 0.489 e. The number of nitrogens with zero attached hydrogens (tertiary/aromatic N) is 2. The lowest BCUT2D eigenvalue weighted by Crippen LogP contribution is -2.58. The van der Waals surface area contributed by atoms with E-state index in [-0.39, 0.29) is 93.2 Å². The van der Waals surface area contributed by atoms with Gasteiger partial charge in [0.1, 0.15) is 30.5 Å². The second kappa shape index (κ2) is 29.6. The van der Waals surface area contributed by atoms with E-state index in [1.807, 2.05) is 83.1 Å². The van der Waals surface area contributed by atoms with Gasteiger partial charge in [-0.2, -0.15) is 0 Å². The molecule has 1 saturated heterocycles. The van der Waals surface area contributed by atoms with Crippen LogP contribution in [0.2, 0.25) is 0 Å². The molecule has 4 aliphatic rings. The van der Waals surface area contributed by atoms with Crippen LogP contribution in [0.4, 0.5) is 0 Å². The molecular weight excluding hydrogens is 1020 g/mol. The highest BCUT2D eigenvalue weighted by Crippen LogP contribution is 2.34. The van der Waals surface area contributed by atoms with Crippen molar-refractivity contribution >= 4 is 41.4 Å². The first-order valence-corrected chi connectivity index (χ1v) is 29.1. The molecule has 0 bridgehead atoms. The normalized spacial score (nSPS) is 19.7. The van der Waals surface area contributed by atoms with Crippen molar-refractivity contribution in [1.29, 1.82) is 0 Å². The first kappa shape index (κ1) is 63.1. The summed E-state index contributed by atoms with van der Waals surface area (Å²) in [5, 5.41) is 20.9. The summed E-state index contributed by atoms with van der Waals surface area (Å²) in [4.78, 5) is 99.2. The third-order valence-electron chi connectivity index (χ3n) is 15.1. The molecule has 2 heterocycles. The van der Waals surface area contributed by atoms with Crippen molar-refractivity contribution in [2.75, 3.05) is 33.7 Å². The third-order valence-corrected chi connectivity index (χ3v) is 15.1. The van der Waals surface area contributed by atoms with Gasteiger partial charge in [0.15, 0.2) is 0 Å². The van der Waals surface area contributed by atoms with Crippen LogP contribution in [0.25, 0.3) is 0 Å². The Morgan fingerprint density at radius 2 is 1.26 bits per heavy atom. The molecule has 7 atom stereocenters.